The van der Waals surface area contributed by atoms with Crippen LogP contribution in [0.4, 0.5) is 0 Å². The van der Waals surface area contributed by atoms with E-state index in [0.29, 0.717) is 6.54 Å². The van der Waals surface area contributed by atoms with Crippen LogP contribution in [0.2, 0.25) is 0 Å². The van der Waals surface area contributed by atoms with Crippen LogP contribution >= 0.6 is 0 Å². The van der Waals surface area contributed by atoms with Gasteiger partial charge in [0, 0.05) is 31.4 Å². The van der Waals surface area contributed by atoms with Crippen LogP contribution in [0.25, 0.3) is 0 Å². The second-order valence-electron chi connectivity index (χ2n) is 4.97. The zero-order valence-corrected chi connectivity index (χ0v) is 12.7. The molecule has 0 aliphatic rings. The molecule has 2 rings (SSSR count). The first-order valence-corrected chi connectivity index (χ1v) is 7.25. The number of rotatable bonds is 7. The normalized spacial score (nSPS) is 10.9. The summed E-state index contributed by atoms with van der Waals surface area (Å²) < 4.78 is 5.40. The Morgan fingerprint density at radius 3 is 2.67 bits per heavy atom. The van der Waals surface area contributed by atoms with Crippen molar-refractivity contribution in [1.29, 1.82) is 0 Å². The smallest absolute Gasteiger partial charge is 0.123 e. The van der Waals surface area contributed by atoms with Gasteiger partial charge in [0.2, 0.25) is 0 Å². The molecule has 0 atom stereocenters. The van der Waals surface area contributed by atoms with Gasteiger partial charge in [-0.1, -0.05) is 25.1 Å². The first-order chi connectivity index (χ1) is 10.3. The van der Waals surface area contributed by atoms with Crippen LogP contribution in [0.5, 0.6) is 5.75 Å². The van der Waals surface area contributed by atoms with Crippen molar-refractivity contribution in [2.45, 2.75) is 26.6 Å². The number of methoxy groups -OCH3 is 1. The first-order valence-electron chi connectivity index (χ1n) is 7.25. The third-order valence-corrected chi connectivity index (χ3v) is 3.54. The number of ether oxygens (including phenoxy) is 1. The Hall–Kier alpha value is -1.91. The van der Waals surface area contributed by atoms with E-state index in [-0.39, 0.29) is 0 Å². The summed E-state index contributed by atoms with van der Waals surface area (Å²) in [6.07, 6.45) is 1.84. The van der Waals surface area contributed by atoms with E-state index >= 15 is 0 Å². The summed E-state index contributed by atoms with van der Waals surface area (Å²) in [7, 11) is 1.68. The Labute approximate surface area is 126 Å². The van der Waals surface area contributed by atoms with Crippen molar-refractivity contribution in [3.05, 3.63) is 59.4 Å². The van der Waals surface area contributed by atoms with Gasteiger partial charge in [0.25, 0.3) is 0 Å². The van der Waals surface area contributed by atoms with Crippen LogP contribution in [0.3, 0.4) is 0 Å². The minimum atomic E-state index is 0.495. The summed E-state index contributed by atoms with van der Waals surface area (Å²) in [5, 5.41) is 0. The van der Waals surface area contributed by atoms with E-state index < -0.39 is 0 Å². The molecule has 0 saturated carbocycles. The number of pyridine rings is 1. The molecular formula is C17H23N3O. The Kier molecular flexibility index (Phi) is 5.72. The fourth-order valence-electron chi connectivity index (χ4n) is 2.31. The number of nitrogens with two attached hydrogens (primary N) is 1. The molecule has 4 nitrogen and oxygen atoms in total. The van der Waals surface area contributed by atoms with Gasteiger partial charge in [0.05, 0.1) is 12.8 Å². The zero-order chi connectivity index (χ0) is 15.1. The molecule has 0 unspecified atom stereocenters. The predicted molar refractivity (Wildman–Crippen MR) is 84.9 cm³/mol. The highest BCUT2D eigenvalue weighted by Gasteiger charge is 2.08. The summed E-state index contributed by atoms with van der Waals surface area (Å²) in [5.41, 5.74) is 9.06. The molecule has 112 valence electrons. The molecule has 4 heteroatoms. The predicted octanol–water partition coefficient (Wildman–Crippen LogP) is 2.57. The molecule has 1 heterocycles. The molecule has 0 fully saturated rings. The lowest BCUT2D eigenvalue weighted by molar-refractivity contribution is 0.267. The third kappa shape index (κ3) is 4.28. The van der Waals surface area contributed by atoms with E-state index in [1.54, 1.807) is 7.11 Å². The first kappa shape index (κ1) is 15.5. The van der Waals surface area contributed by atoms with Crippen molar-refractivity contribution in [2.24, 2.45) is 5.73 Å². The van der Waals surface area contributed by atoms with Gasteiger partial charge in [0.15, 0.2) is 0 Å². The molecule has 0 bridgehead atoms. The SMILES string of the molecule is CCN(Cc1ccc(CN)c(OC)c1)Cc1ccccn1. The Morgan fingerprint density at radius 2 is 2.05 bits per heavy atom. The van der Waals surface area contributed by atoms with Gasteiger partial charge in [-0.3, -0.25) is 9.88 Å². The average molecular weight is 285 g/mol. The van der Waals surface area contributed by atoms with Gasteiger partial charge in [-0.15, -0.1) is 0 Å². The minimum Gasteiger partial charge on any atom is -0.496 e. The van der Waals surface area contributed by atoms with E-state index in [1.165, 1.54) is 5.56 Å². The summed E-state index contributed by atoms with van der Waals surface area (Å²) in [6, 6.07) is 12.3. The van der Waals surface area contributed by atoms with Gasteiger partial charge in [-0.25, -0.2) is 0 Å². The summed E-state index contributed by atoms with van der Waals surface area (Å²) in [4.78, 5) is 6.73. The molecule has 0 aliphatic carbocycles. The lowest BCUT2D eigenvalue weighted by Gasteiger charge is -2.20. The maximum atomic E-state index is 5.71. The fraction of sp³-hybridized carbons (Fsp3) is 0.353. The van der Waals surface area contributed by atoms with Crippen molar-refractivity contribution in [3.8, 4) is 5.75 Å². The minimum absolute atomic E-state index is 0.495. The molecule has 0 spiro atoms. The number of aromatic nitrogens is 1. The molecular weight excluding hydrogens is 262 g/mol. The summed E-state index contributed by atoms with van der Waals surface area (Å²) in [5.74, 6) is 0.865. The molecule has 0 amide bonds. The highest BCUT2D eigenvalue weighted by Crippen LogP contribution is 2.21. The number of benzene rings is 1. The van der Waals surface area contributed by atoms with E-state index in [2.05, 4.69) is 35.0 Å². The van der Waals surface area contributed by atoms with Crippen LogP contribution in [0.1, 0.15) is 23.7 Å². The quantitative estimate of drug-likeness (QED) is 0.849. The van der Waals surface area contributed by atoms with E-state index in [0.717, 1.165) is 36.6 Å². The molecule has 0 aliphatic heterocycles. The van der Waals surface area contributed by atoms with Crippen LogP contribution in [0.15, 0.2) is 42.6 Å². The molecule has 2 N–H and O–H groups in total. The third-order valence-electron chi connectivity index (χ3n) is 3.54. The van der Waals surface area contributed by atoms with Crippen LogP contribution in [-0.2, 0) is 19.6 Å². The fourth-order valence-corrected chi connectivity index (χ4v) is 2.31. The largest absolute Gasteiger partial charge is 0.496 e. The molecule has 2 aromatic rings. The highest BCUT2D eigenvalue weighted by molar-refractivity contribution is 5.37. The Morgan fingerprint density at radius 1 is 1.19 bits per heavy atom. The van der Waals surface area contributed by atoms with Gasteiger partial charge < -0.3 is 10.5 Å². The maximum absolute atomic E-state index is 5.71. The van der Waals surface area contributed by atoms with Crippen LogP contribution < -0.4 is 10.5 Å². The van der Waals surface area contributed by atoms with Crippen LogP contribution in [-0.4, -0.2) is 23.5 Å². The van der Waals surface area contributed by atoms with Crippen molar-refractivity contribution in [2.75, 3.05) is 13.7 Å². The summed E-state index contributed by atoms with van der Waals surface area (Å²) in [6.45, 7) is 5.34. The summed E-state index contributed by atoms with van der Waals surface area (Å²) >= 11 is 0. The maximum Gasteiger partial charge on any atom is 0.123 e. The lowest BCUT2D eigenvalue weighted by atomic mass is 10.1. The molecule has 0 saturated heterocycles. The second-order valence-corrected chi connectivity index (χ2v) is 4.97. The van der Waals surface area contributed by atoms with Gasteiger partial charge in [0.1, 0.15) is 5.75 Å². The van der Waals surface area contributed by atoms with Crippen molar-refractivity contribution >= 4 is 0 Å². The molecule has 1 aromatic carbocycles. The average Bonchev–Trinajstić information content (AvgIpc) is 2.55. The lowest BCUT2D eigenvalue weighted by Crippen LogP contribution is -2.22. The number of hydrogen-bond acceptors (Lipinski definition) is 4. The number of nitrogens with zero attached hydrogens (tertiary/aromatic N) is 2. The molecule has 0 radical (unpaired) electrons. The van der Waals surface area contributed by atoms with Crippen LogP contribution in [0, 0.1) is 0 Å². The van der Waals surface area contributed by atoms with E-state index in [4.69, 9.17) is 10.5 Å². The molecule has 21 heavy (non-hydrogen) atoms. The second kappa shape index (κ2) is 7.76. The number of hydrogen-bond donors (Lipinski definition) is 1. The zero-order valence-electron chi connectivity index (χ0n) is 12.7. The highest BCUT2D eigenvalue weighted by atomic mass is 16.5. The van der Waals surface area contributed by atoms with Crippen molar-refractivity contribution in [3.63, 3.8) is 0 Å². The van der Waals surface area contributed by atoms with E-state index in [9.17, 15) is 0 Å². The monoisotopic (exact) mass is 285 g/mol. The Bertz CT molecular complexity index is 557. The Balaban J connectivity index is 2.08. The van der Waals surface area contributed by atoms with Crippen molar-refractivity contribution in [1.82, 2.24) is 9.88 Å². The van der Waals surface area contributed by atoms with Gasteiger partial charge in [-0.05, 0) is 30.3 Å². The van der Waals surface area contributed by atoms with Crippen molar-refractivity contribution < 1.29 is 4.74 Å². The topological polar surface area (TPSA) is 51.4 Å². The van der Waals surface area contributed by atoms with Gasteiger partial charge in [-0.2, -0.15) is 0 Å². The van der Waals surface area contributed by atoms with E-state index in [1.807, 2.05) is 24.4 Å². The molecule has 1 aromatic heterocycles. The standard InChI is InChI=1S/C17H23N3O/c1-3-20(13-16-6-4-5-9-19-16)12-14-7-8-15(11-18)17(10-14)21-2/h4-10H,3,11-13,18H2,1-2H3. The van der Waals surface area contributed by atoms with Gasteiger partial charge >= 0.3 is 0 Å².